The molecule has 1 aliphatic carbocycles. The minimum Gasteiger partial charge on any atom is -0.383 e. The van der Waals surface area contributed by atoms with E-state index in [4.69, 9.17) is 0 Å². The molecule has 3 rings (SSSR count). The molecule has 20 heavy (non-hydrogen) atoms. The number of amides is 2. The van der Waals surface area contributed by atoms with Gasteiger partial charge in [0, 0.05) is 30.5 Å². The van der Waals surface area contributed by atoms with E-state index < -0.39 is 0 Å². The number of carbonyl (C=O) groups excluding carboxylic acids is 1. The van der Waals surface area contributed by atoms with Crippen molar-refractivity contribution in [2.45, 2.75) is 38.6 Å². The Bertz CT molecular complexity index is 484. The topological polar surface area (TPSA) is 44.4 Å². The van der Waals surface area contributed by atoms with Gasteiger partial charge in [0.15, 0.2) is 0 Å². The standard InChI is InChI=1S/C16H23N3O/c1-12(10-13-4-2-5-13)18-14-6-3-7-15(11-14)19-9-8-17-16(19)20/h3,6-7,11-13,18H,2,4-5,8-10H2,1H3,(H,17,20). The zero-order chi connectivity index (χ0) is 13.9. The van der Waals surface area contributed by atoms with Crippen molar-refractivity contribution >= 4 is 17.4 Å². The molecule has 1 saturated heterocycles. The molecule has 108 valence electrons. The van der Waals surface area contributed by atoms with Gasteiger partial charge in [0.05, 0.1) is 0 Å². The lowest BCUT2D eigenvalue weighted by Crippen LogP contribution is -2.28. The fraction of sp³-hybridized carbons (Fsp3) is 0.562. The Morgan fingerprint density at radius 1 is 1.45 bits per heavy atom. The van der Waals surface area contributed by atoms with Crippen molar-refractivity contribution in [2.75, 3.05) is 23.3 Å². The first-order valence-corrected chi connectivity index (χ1v) is 7.64. The van der Waals surface area contributed by atoms with Crippen LogP contribution in [0.2, 0.25) is 0 Å². The summed E-state index contributed by atoms with van der Waals surface area (Å²) < 4.78 is 0. The minimum atomic E-state index is 0.00432. The first-order valence-electron chi connectivity index (χ1n) is 7.64. The number of nitrogens with one attached hydrogen (secondary N) is 2. The molecule has 2 amide bonds. The molecular weight excluding hydrogens is 250 g/mol. The Morgan fingerprint density at radius 2 is 2.30 bits per heavy atom. The molecule has 1 aromatic rings. The smallest absolute Gasteiger partial charge is 0.321 e. The summed E-state index contributed by atoms with van der Waals surface area (Å²) in [6.07, 6.45) is 5.42. The molecule has 0 aromatic heterocycles. The van der Waals surface area contributed by atoms with Gasteiger partial charge in [-0.3, -0.25) is 4.90 Å². The fourth-order valence-electron chi connectivity index (χ4n) is 3.05. The first-order chi connectivity index (χ1) is 9.72. The summed E-state index contributed by atoms with van der Waals surface area (Å²) in [7, 11) is 0. The second-order valence-electron chi connectivity index (χ2n) is 6.01. The Kier molecular flexibility index (Phi) is 3.81. The molecule has 1 atom stereocenters. The Balaban J connectivity index is 1.62. The van der Waals surface area contributed by atoms with E-state index in [9.17, 15) is 4.79 Å². The van der Waals surface area contributed by atoms with E-state index in [-0.39, 0.29) is 6.03 Å². The Morgan fingerprint density at radius 3 is 2.95 bits per heavy atom. The molecule has 1 aromatic carbocycles. The van der Waals surface area contributed by atoms with Crippen molar-refractivity contribution in [1.82, 2.24) is 5.32 Å². The molecule has 2 N–H and O–H groups in total. The molecule has 2 aliphatic rings. The first kappa shape index (κ1) is 13.3. The molecule has 0 radical (unpaired) electrons. The number of rotatable bonds is 5. The van der Waals surface area contributed by atoms with Crippen molar-refractivity contribution in [3.05, 3.63) is 24.3 Å². The number of urea groups is 1. The number of hydrogen-bond donors (Lipinski definition) is 2. The lowest BCUT2D eigenvalue weighted by Gasteiger charge is -2.29. The van der Waals surface area contributed by atoms with Crippen LogP contribution in [-0.4, -0.2) is 25.2 Å². The largest absolute Gasteiger partial charge is 0.383 e. The second-order valence-corrected chi connectivity index (χ2v) is 6.01. The fourth-order valence-corrected chi connectivity index (χ4v) is 3.05. The van der Waals surface area contributed by atoms with Gasteiger partial charge in [-0.25, -0.2) is 4.79 Å². The molecular formula is C16H23N3O. The summed E-state index contributed by atoms with van der Waals surface area (Å²) in [4.78, 5) is 13.5. The molecule has 0 bridgehead atoms. The Hall–Kier alpha value is -1.71. The summed E-state index contributed by atoms with van der Waals surface area (Å²) in [6.45, 7) is 3.72. The van der Waals surface area contributed by atoms with Crippen LogP contribution in [0.1, 0.15) is 32.6 Å². The van der Waals surface area contributed by atoms with Gasteiger partial charge in [-0.15, -0.1) is 0 Å². The van der Waals surface area contributed by atoms with E-state index in [0.29, 0.717) is 6.04 Å². The van der Waals surface area contributed by atoms with E-state index in [1.807, 2.05) is 12.1 Å². The van der Waals surface area contributed by atoms with Crippen LogP contribution in [-0.2, 0) is 0 Å². The number of carbonyl (C=O) groups is 1. The second kappa shape index (κ2) is 5.73. The van der Waals surface area contributed by atoms with Crippen molar-refractivity contribution in [1.29, 1.82) is 0 Å². The molecule has 4 heteroatoms. The van der Waals surface area contributed by atoms with Crippen LogP contribution >= 0.6 is 0 Å². The summed E-state index contributed by atoms with van der Waals surface area (Å²) in [6, 6.07) is 8.65. The molecule has 1 unspecified atom stereocenters. The number of benzene rings is 1. The van der Waals surface area contributed by atoms with Gasteiger partial charge >= 0.3 is 6.03 Å². The van der Waals surface area contributed by atoms with Gasteiger partial charge in [0.1, 0.15) is 0 Å². The SMILES string of the molecule is CC(CC1CCC1)Nc1cccc(N2CCNC2=O)c1. The summed E-state index contributed by atoms with van der Waals surface area (Å²) in [5.41, 5.74) is 2.08. The van der Waals surface area contributed by atoms with Crippen LogP contribution in [0.4, 0.5) is 16.2 Å². The van der Waals surface area contributed by atoms with Crippen LogP contribution < -0.4 is 15.5 Å². The molecule has 0 spiro atoms. The van der Waals surface area contributed by atoms with E-state index in [2.05, 4.69) is 29.7 Å². The highest BCUT2D eigenvalue weighted by Gasteiger charge is 2.22. The van der Waals surface area contributed by atoms with Crippen LogP contribution in [0.3, 0.4) is 0 Å². The Labute approximate surface area is 120 Å². The molecule has 1 aliphatic heterocycles. The van der Waals surface area contributed by atoms with Crippen molar-refractivity contribution < 1.29 is 4.79 Å². The highest BCUT2D eigenvalue weighted by atomic mass is 16.2. The number of hydrogen-bond acceptors (Lipinski definition) is 2. The molecule has 4 nitrogen and oxygen atoms in total. The summed E-state index contributed by atoms with van der Waals surface area (Å²) in [5.74, 6) is 0.907. The quantitative estimate of drug-likeness (QED) is 0.865. The summed E-state index contributed by atoms with van der Waals surface area (Å²) in [5, 5.41) is 6.40. The maximum absolute atomic E-state index is 11.7. The van der Waals surface area contributed by atoms with Crippen LogP contribution in [0.5, 0.6) is 0 Å². The van der Waals surface area contributed by atoms with Gasteiger partial charge in [-0.05, 0) is 37.5 Å². The van der Waals surface area contributed by atoms with Crippen molar-refractivity contribution in [3.8, 4) is 0 Å². The predicted octanol–water partition coefficient (Wildman–Crippen LogP) is 3.21. The third-order valence-electron chi connectivity index (χ3n) is 4.34. The summed E-state index contributed by atoms with van der Waals surface area (Å²) >= 11 is 0. The van der Waals surface area contributed by atoms with Crippen molar-refractivity contribution in [3.63, 3.8) is 0 Å². The van der Waals surface area contributed by atoms with E-state index in [1.165, 1.54) is 25.7 Å². The highest BCUT2D eigenvalue weighted by molar-refractivity contribution is 5.94. The highest BCUT2D eigenvalue weighted by Crippen LogP contribution is 2.31. The van der Waals surface area contributed by atoms with Crippen molar-refractivity contribution in [2.24, 2.45) is 5.92 Å². The molecule has 1 heterocycles. The van der Waals surface area contributed by atoms with Crippen LogP contribution in [0.15, 0.2) is 24.3 Å². The van der Waals surface area contributed by atoms with E-state index >= 15 is 0 Å². The average Bonchev–Trinajstić information content (AvgIpc) is 2.81. The average molecular weight is 273 g/mol. The lowest BCUT2D eigenvalue weighted by atomic mass is 9.81. The van der Waals surface area contributed by atoms with E-state index in [0.717, 1.165) is 30.4 Å². The van der Waals surface area contributed by atoms with Gasteiger partial charge in [-0.1, -0.05) is 25.3 Å². The molecule has 1 saturated carbocycles. The van der Waals surface area contributed by atoms with Gasteiger partial charge in [0.2, 0.25) is 0 Å². The third-order valence-corrected chi connectivity index (χ3v) is 4.34. The predicted molar refractivity (Wildman–Crippen MR) is 82.2 cm³/mol. The maximum atomic E-state index is 11.7. The van der Waals surface area contributed by atoms with Gasteiger partial charge < -0.3 is 10.6 Å². The number of anilines is 2. The van der Waals surface area contributed by atoms with E-state index in [1.54, 1.807) is 4.90 Å². The normalized spacial score (nSPS) is 20.4. The third kappa shape index (κ3) is 2.89. The molecule has 2 fully saturated rings. The number of nitrogens with zero attached hydrogens (tertiary/aromatic N) is 1. The maximum Gasteiger partial charge on any atom is 0.321 e. The van der Waals surface area contributed by atoms with Gasteiger partial charge in [0.25, 0.3) is 0 Å². The monoisotopic (exact) mass is 273 g/mol. The lowest BCUT2D eigenvalue weighted by molar-refractivity contribution is 0.252. The van der Waals surface area contributed by atoms with Crippen LogP contribution in [0, 0.1) is 5.92 Å². The zero-order valence-corrected chi connectivity index (χ0v) is 12.1. The minimum absolute atomic E-state index is 0.00432. The zero-order valence-electron chi connectivity index (χ0n) is 12.1. The van der Waals surface area contributed by atoms with Crippen LogP contribution in [0.25, 0.3) is 0 Å². The van der Waals surface area contributed by atoms with Gasteiger partial charge in [-0.2, -0.15) is 0 Å².